The number of ether oxygens (including phenoxy) is 1. The molecule has 0 radical (unpaired) electrons. The maximum Gasteiger partial charge on any atom is 0.340 e. The third-order valence-corrected chi connectivity index (χ3v) is 2.10. The predicted molar refractivity (Wildman–Crippen MR) is 55.0 cm³/mol. The highest BCUT2D eigenvalue weighted by Crippen LogP contribution is 2.18. The number of nitrogens with one attached hydrogen (secondary N) is 2. The van der Waals surface area contributed by atoms with Crippen LogP contribution in [0.3, 0.4) is 0 Å². The molecule has 0 saturated heterocycles. The molecule has 2 aromatic rings. The van der Waals surface area contributed by atoms with Gasteiger partial charge >= 0.3 is 5.69 Å². The first-order chi connectivity index (χ1) is 7.29. The van der Waals surface area contributed by atoms with Crippen molar-refractivity contribution < 1.29 is 4.74 Å². The standard InChI is InChI=1S/C10H11N3O2/c1-15-8-5-3-2-4-7(8)6-9-11-10(14)13-12-9/h2-5H,6H2,1H3,(H2,11,12,13,14). The molecule has 15 heavy (non-hydrogen) atoms. The third kappa shape index (κ3) is 2.07. The van der Waals surface area contributed by atoms with E-state index in [-0.39, 0.29) is 5.69 Å². The Morgan fingerprint density at radius 1 is 1.40 bits per heavy atom. The summed E-state index contributed by atoms with van der Waals surface area (Å²) in [4.78, 5) is 13.4. The van der Waals surface area contributed by atoms with Gasteiger partial charge in [-0.1, -0.05) is 18.2 Å². The maximum absolute atomic E-state index is 10.8. The molecule has 0 amide bonds. The number of aromatic amines is 2. The monoisotopic (exact) mass is 205 g/mol. The average molecular weight is 205 g/mol. The van der Waals surface area contributed by atoms with Gasteiger partial charge in [-0.3, -0.25) is 4.98 Å². The van der Waals surface area contributed by atoms with Crippen molar-refractivity contribution in [3.8, 4) is 5.75 Å². The molecule has 1 aromatic carbocycles. The molecule has 0 spiro atoms. The van der Waals surface area contributed by atoms with E-state index in [1.165, 1.54) is 0 Å². The zero-order valence-electron chi connectivity index (χ0n) is 8.28. The van der Waals surface area contributed by atoms with E-state index in [2.05, 4.69) is 15.2 Å². The summed E-state index contributed by atoms with van der Waals surface area (Å²) < 4.78 is 5.19. The number of para-hydroxylation sites is 1. The fraction of sp³-hybridized carbons (Fsp3) is 0.200. The Morgan fingerprint density at radius 3 is 2.87 bits per heavy atom. The number of hydrogen-bond acceptors (Lipinski definition) is 3. The van der Waals surface area contributed by atoms with Gasteiger partial charge in [-0.25, -0.2) is 9.89 Å². The normalized spacial score (nSPS) is 10.2. The van der Waals surface area contributed by atoms with Crippen molar-refractivity contribution in [1.82, 2.24) is 15.2 Å². The number of aromatic nitrogens is 3. The summed E-state index contributed by atoms with van der Waals surface area (Å²) in [7, 11) is 1.62. The molecule has 78 valence electrons. The van der Waals surface area contributed by atoms with E-state index < -0.39 is 0 Å². The fourth-order valence-electron chi connectivity index (χ4n) is 1.42. The Hall–Kier alpha value is -2.04. The average Bonchev–Trinajstić information content (AvgIpc) is 2.65. The molecule has 0 aliphatic carbocycles. The lowest BCUT2D eigenvalue weighted by Crippen LogP contribution is -2.01. The SMILES string of the molecule is COc1ccccc1Cc1n[nH]c(=O)[nH]1. The van der Waals surface area contributed by atoms with Crippen LogP contribution in [0, 0.1) is 0 Å². The highest BCUT2D eigenvalue weighted by Gasteiger charge is 2.05. The molecular formula is C10H11N3O2. The first-order valence-corrected chi connectivity index (χ1v) is 4.55. The lowest BCUT2D eigenvalue weighted by molar-refractivity contribution is 0.410. The molecule has 0 unspecified atom stereocenters. The fourth-order valence-corrected chi connectivity index (χ4v) is 1.42. The van der Waals surface area contributed by atoms with Crippen LogP contribution in [0.5, 0.6) is 5.75 Å². The van der Waals surface area contributed by atoms with Gasteiger partial charge in [-0.05, 0) is 6.07 Å². The van der Waals surface area contributed by atoms with Crippen LogP contribution in [0.25, 0.3) is 0 Å². The van der Waals surface area contributed by atoms with Crippen molar-refractivity contribution in [2.24, 2.45) is 0 Å². The molecule has 0 atom stereocenters. The highest BCUT2D eigenvalue weighted by molar-refractivity contribution is 5.34. The lowest BCUT2D eigenvalue weighted by Gasteiger charge is -2.05. The van der Waals surface area contributed by atoms with Crippen molar-refractivity contribution in [3.05, 3.63) is 46.1 Å². The van der Waals surface area contributed by atoms with Gasteiger partial charge in [0.15, 0.2) is 0 Å². The number of hydrogen-bond donors (Lipinski definition) is 2. The zero-order chi connectivity index (χ0) is 10.7. The summed E-state index contributed by atoms with van der Waals surface area (Å²) in [5.74, 6) is 1.39. The van der Waals surface area contributed by atoms with Crippen LogP contribution in [0.15, 0.2) is 29.1 Å². The number of benzene rings is 1. The van der Waals surface area contributed by atoms with Gasteiger partial charge in [0.1, 0.15) is 11.6 Å². The van der Waals surface area contributed by atoms with Gasteiger partial charge in [0.25, 0.3) is 0 Å². The van der Waals surface area contributed by atoms with Gasteiger partial charge in [0.05, 0.1) is 7.11 Å². The smallest absolute Gasteiger partial charge is 0.340 e. The number of rotatable bonds is 3. The van der Waals surface area contributed by atoms with Gasteiger partial charge in [-0.2, -0.15) is 5.10 Å². The predicted octanol–water partition coefficient (Wildman–Crippen LogP) is 0.697. The van der Waals surface area contributed by atoms with Crippen LogP contribution in [-0.2, 0) is 6.42 Å². The topological polar surface area (TPSA) is 70.8 Å². The number of nitrogens with zero attached hydrogens (tertiary/aromatic N) is 1. The first kappa shape index (κ1) is 9.51. The van der Waals surface area contributed by atoms with E-state index in [0.29, 0.717) is 12.2 Å². The van der Waals surface area contributed by atoms with Crippen molar-refractivity contribution in [3.63, 3.8) is 0 Å². The lowest BCUT2D eigenvalue weighted by atomic mass is 10.1. The van der Waals surface area contributed by atoms with Crippen LogP contribution >= 0.6 is 0 Å². The van der Waals surface area contributed by atoms with E-state index >= 15 is 0 Å². The van der Waals surface area contributed by atoms with E-state index in [1.54, 1.807) is 7.11 Å². The molecule has 5 heteroatoms. The summed E-state index contributed by atoms with van der Waals surface area (Å²) in [6, 6.07) is 7.63. The van der Waals surface area contributed by atoms with Gasteiger partial charge in [0.2, 0.25) is 0 Å². The van der Waals surface area contributed by atoms with Crippen molar-refractivity contribution >= 4 is 0 Å². The minimum absolute atomic E-state index is 0.292. The number of methoxy groups -OCH3 is 1. The molecule has 1 aromatic heterocycles. The molecule has 0 fully saturated rings. The van der Waals surface area contributed by atoms with Gasteiger partial charge < -0.3 is 4.74 Å². The Morgan fingerprint density at radius 2 is 2.20 bits per heavy atom. The molecular weight excluding hydrogens is 194 g/mol. The second kappa shape index (κ2) is 4.00. The minimum atomic E-state index is -0.292. The van der Waals surface area contributed by atoms with Crippen molar-refractivity contribution in [1.29, 1.82) is 0 Å². The van der Waals surface area contributed by atoms with Crippen LogP contribution in [0.4, 0.5) is 0 Å². The first-order valence-electron chi connectivity index (χ1n) is 4.55. The summed E-state index contributed by atoms with van der Waals surface area (Å²) in [5.41, 5.74) is 0.697. The Labute approximate surface area is 86.1 Å². The van der Waals surface area contributed by atoms with E-state index in [1.807, 2.05) is 24.3 Å². The summed E-state index contributed by atoms with van der Waals surface area (Å²) in [6.45, 7) is 0. The second-order valence-electron chi connectivity index (χ2n) is 3.11. The van der Waals surface area contributed by atoms with E-state index in [4.69, 9.17) is 4.74 Å². The molecule has 2 rings (SSSR count). The van der Waals surface area contributed by atoms with Crippen molar-refractivity contribution in [2.45, 2.75) is 6.42 Å². The van der Waals surface area contributed by atoms with Crippen LogP contribution in [-0.4, -0.2) is 22.3 Å². The zero-order valence-corrected chi connectivity index (χ0v) is 8.28. The highest BCUT2D eigenvalue weighted by atomic mass is 16.5. The summed E-state index contributed by atoms with van der Waals surface area (Å²) in [5, 5.41) is 6.16. The molecule has 0 saturated carbocycles. The largest absolute Gasteiger partial charge is 0.496 e. The van der Waals surface area contributed by atoms with E-state index in [9.17, 15) is 4.79 Å². The van der Waals surface area contributed by atoms with Gasteiger partial charge in [0, 0.05) is 12.0 Å². The molecule has 0 aliphatic rings. The summed E-state index contributed by atoms with van der Waals surface area (Å²) >= 11 is 0. The molecule has 2 N–H and O–H groups in total. The summed E-state index contributed by atoms with van der Waals surface area (Å²) in [6.07, 6.45) is 0.544. The van der Waals surface area contributed by atoms with Gasteiger partial charge in [-0.15, -0.1) is 0 Å². The molecule has 1 heterocycles. The Bertz CT molecular complexity index is 501. The van der Waals surface area contributed by atoms with Crippen LogP contribution < -0.4 is 10.4 Å². The quantitative estimate of drug-likeness (QED) is 0.774. The Kier molecular flexibility index (Phi) is 2.53. The maximum atomic E-state index is 10.8. The van der Waals surface area contributed by atoms with Crippen LogP contribution in [0.1, 0.15) is 11.4 Å². The van der Waals surface area contributed by atoms with E-state index in [0.717, 1.165) is 11.3 Å². The third-order valence-electron chi connectivity index (χ3n) is 2.10. The number of H-pyrrole nitrogens is 2. The minimum Gasteiger partial charge on any atom is -0.496 e. The van der Waals surface area contributed by atoms with Crippen LogP contribution in [0.2, 0.25) is 0 Å². The Balaban J connectivity index is 2.27. The molecule has 0 bridgehead atoms. The second-order valence-corrected chi connectivity index (χ2v) is 3.11. The molecule has 5 nitrogen and oxygen atoms in total. The molecule has 0 aliphatic heterocycles. The van der Waals surface area contributed by atoms with Crippen molar-refractivity contribution in [2.75, 3.05) is 7.11 Å².